The summed E-state index contributed by atoms with van der Waals surface area (Å²) in [5.41, 5.74) is 1.85. The van der Waals surface area contributed by atoms with Crippen LogP contribution in [0.25, 0.3) is 0 Å². The van der Waals surface area contributed by atoms with E-state index in [2.05, 4.69) is 42.2 Å². The molecule has 0 aliphatic rings. The molecular formula is C11H10Br2FN3. The predicted octanol–water partition coefficient (Wildman–Crippen LogP) is 3.68. The Balaban J connectivity index is 2.16. The van der Waals surface area contributed by atoms with Crippen molar-refractivity contribution < 1.29 is 4.39 Å². The van der Waals surface area contributed by atoms with E-state index in [-0.39, 0.29) is 10.6 Å². The minimum Gasteiger partial charge on any atom is -0.248 e. The van der Waals surface area contributed by atoms with E-state index in [0.717, 1.165) is 11.3 Å². The summed E-state index contributed by atoms with van der Waals surface area (Å²) in [5, 5.41) is 8.04. The first-order valence-electron chi connectivity index (χ1n) is 5.04. The smallest absolute Gasteiger partial charge is 0.137 e. The molecule has 0 bridgehead atoms. The Morgan fingerprint density at radius 3 is 2.82 bits per heavy atom. The highest BCUT2D eigenvalue weighted by Crippen LogP contribution is 2.20. The van der Waals surface area contributed by atoms with Crippen molar-refractivity contribution in [3.8, 4) is 0 Å². The number of halogens is 3. The van der Waals surface area contributed by atoms with E-state index in [1.165, 1.54) is 6.07 Å². The Morgan fingerprint density at radius 1 is 1.47 bits per heavy atom. The maximum Gasteiger partial charge on any atom is 0.137 e. The Bertz CT molecular complexity index is 525. The molecular weight excluding hydrogens is 353 g/mol. The largest absolute Gasteiger partial charge is 0.248 e. The number of nitrogens with zero attached hydrogens (tertiary/aromatic N) is 3. The van der Waals surface area contributed by atoms with Gasteiger partial charge in [0, 0.05) is 6.20 Å². The molecule has 1 atom stereocenters. The molecule has 2 rings (SSSR count). The highest BCUT2D eigenvalue weighted by Gasteiger charge is 2.07. The normalized spacial score (nSPS) is 12.7. The van der Waals surface area contributed by atoms with Crippen molar-refractivity contribution >= 4 is 31.9 Å². The quantitative estimate of drug-likeness (QED) is 0.779. The minimum atomic E-state index is -0.262. The molecule has 0 N–H and O–H groups in total. The molecule has 3 nitrogen and oxygen atoms in total. The van der Waals surface area contributed by atoms with Gasteiger partial charge >= 0.3 is 0 Å². The maximum atomic E-state index is 13.1. The van der Waals surface area contributed by atoms with E-state index in [1.807, 2.05) is 13.1 Å². The fourth-order valence-corrected chi connectivity index (χ4v) is 2.03. The van der Waals surface area contributed by atoms with Crippen LogP contribution in [-0.2, 0) is 6.54 Å². The lowest BCUT2D eigenvalue weighted by Crippen LogP contribution is -2.00. The SMILES string of the molecule is CC(Br)c1cn(Cc2ccc(F)c(Br)c2)nn1. The van der Waals surface area contributed by atoms with Gasteiger partial charge in [0.15, 0.2) is 0 Å². The predicted molar refractivity (Wildman–Crippen MR) is 70.6 cm³/mol. The van der Waals surface area contributed by atoms with Gasteiger partial charge in [-0.2, -0.15) is 0 Å². The Kier molecular flexibility index (Phi) is 3.93. The molecule has 0 spiro atoms. The summed E-state index contributed by atoms with van der Waals surface area (Å²) >= 11 is 6.59. The lowest BCUT2D eigenvalue weighted by Gasteiger charge is -2.02. The summed E-state index contributed by atoms with van der Waals surface area (Å²) in [7, 11) is 0. The van der Waals surface area contributed by atoms with Crippen LogP contribution in [0.4, 0.5) is 4.39 Å². The third kappa shape index (κ3) is 3.13. The molecule has 1 aromatic heterocycles. The van der Waals surface area contributed by atoms with Crippen LogP contribution >= 0.6 is 31.9 Å². The maximum absolute atomic E-state index is 13.1. The molecule has 6 heteroatoms. The van der Waals surface area contributed by atoms with Gasteiger partial charge in [-0.1, -0.05) is 27.2 Å². The van der Waals surface area contributed by atoms with Crippen molar-refractivity contribution in [2.45, 2.75) is 18.3 Å². The fraction of sp³-hybridized carbons (Fsp3) is 0.273. The highest BCUT2D eigenvalue weighted by molar-refractivity contribution is 9.10. The van der Waals surface area contributed by atoms with Gasteiger partial charge in [-0.25, -0.2) is 9.07 Å². The van der Waals surface area contributed by atoms with Crippen LogP contribution in [0.3, 0.4) is 0 Å². The molecule has 1 aromatic carbocycles. The lowest BCUT2D eigenvalue weighted by molar-refractivity contribution is 0.615. The van der Waals surface area contributed by atoms with Crippen molar-refractivity contribution in [1.29, 1.82) is 0 Å². The van der Waals surface area contributed by atoms with Gasteiger partial charge < -0.3 is 0 Å². The molecule has 1 heterocycles. The van der Waals surface area contributed by atoms with Gasteiger partial charge in [0.25, 0.3) is 0 Å². The van der Waals surface area contributed by atoms with E-state index >= 15 is 0 Å². The van der Waals surface area contributed by atoms with Crippen LogP contribution in [0.5, 0.6) is 0 Å². The number of rotatable bonds is 3. The van der Waals surface area contributed by atoms with Gasteiger partial charge in [-0.3, -0.25) is 0 Å². The van der Waals surface area contributed by atoms with Gasteiger partial charge in [0.05, 0.1) is 21.5 Å². The van der Waals surface area contributed by atoms with Gasteiger partial charge in [0.1, 0.15) is 5.82 Å². The summed E-state index contributed by atoms with van der Waals surface area (Å²) in [6, 6.07) is 4.91. The molecule has 0 aliphatic carbocycles. The molecule has 0 aliphatic heterocycles. The molecule has 0 amide bonds. The van der Waals surface area contributed by atoms with Crippen LogP contribution in [0.1, 0.15) is 23.0 Å². The second-order valence-electron chi connectivity index (χ2n) is 3.71. The zero-order valence-electron chi connectivity index (χ0n) is 9.07. The Morgan fingerprint density at radius 2 is 2.24 bits per heavy atom. The standard InChI is InChI=1S/C11H10Br2FN3/c1-7(12)11-6-17(16-15-11)5-8-2-3-10(14)9(13)4-8/h2-4,6-7H,5H2,1H3. The highest BCUT2D eigenvalue weighted by atomic mass is 79.9. The fourth-order valence-electron chi connectivity index (χ4n) is 1.40. The molecule has 0 saturated heterocycles. The summed E-state index contributed by atoms with van der Waals surface area (Å²) in [4.78, 5) is 0.177. The third-order valence-electron chi connectivity index (χ3n) is 2.29. The first-order chi connectivity index (χ1) is 8.06. The number of benzene rings is 1. The number of aromatic nitrogens is 3. The van der Waals surface area contributed by atoms with Gasteiger partial charge in [0.2, 0.25) is 0 Å². The monoisotopic (exact) mass is 361 g/mol. The lowest BCUT2D eigenvalue weighted by atomic mass is 10.2. The second-order valence-corrected chi connectivity index (χ2v) is 5.93. The van der Waals surface area contributed by atoms with Crippen LogP contribution in [0.15, 0.2) is 28.9 Å². The molecule has 0 radical (unpaired) electrons. The van der Waals surface area contributed by atoms with E-state index in [0.29, 0.717) is 11.0 Å². The van der Waals surface area contributed by atoms with Crippen molar-refractivity contribution in [3.05, 3.63) is 45.9 Å². The average Bonchev–Trinajstić information content (AvgIpc) is 2.72. The minimum absolute atomic E-state index is 0.177. The average molecular weight is 363 g/mol. The van der Waals surface area contributed by atoms with Crippen molar-refractivity contribution in [2.75, 3.05) is 0 Å². The van der Waals surface area contributed by atoms with Crippen molar-refractivity contribution in [1.82, 2.24) is 15.0 Å². The number of alkyl halides is 1. The van der Waals surface area contributed by atoms with Gasteiger partial charge in [-0.05, 0) is 40.5 Å². The second kappa shape index (κ2) is 5.27. The zero-order chi connectivity index (χ0) is 12.4. The first kappa shape index (κ1) is 12.7. The van der Waals surface area contributed by atoms with Gasteiger partial charge in [-0.15, -0.1) is 5.10 Å². The Labute approximate surface area is 115 Å². The summed E-state index contributed by atoms with van der Waals surface area (Å²) in [5.74, 6) is -0.262. The molecule has 0 saturated carbocycles. The molecule has 90 valence electrons. The van der Waals surface area contributed by atoms with E-state index in [4.69, 9.17) is 0 Å². The van der Waals surface area contributed by atoms with Crippen LogP contribution in [-0.4, -0.2) is 15.0 Å². The van der Waals surface area contributed by atoms with Crippen molar-refractivity contribution in [2.24, 2.45) is 0 Å². The summed E-state index contributed by atoms with van der Waals surface area (Å²) in [6.07, 6.45) is 1.87. The molecule has 1 unspecified atom stereocenters. The van der Waals surface area contributed by atoms with E-state index in [9.17, 15) is 4.39 Å². The van der Waals surface area contributed by atoms with E-state index in [1.54, 1.807) is 16.8 Å². The summed E-state index contributed by atoms with van der Waals surface area (Å²) < 4.78 is 15.3. The molecule has 17 heavy (non-hydrogen) atoms. The first-order valence-corrected chi connectivity index (χ1v) is 6.75. The topological polar surface area (TPSA) is 30.7 Å². The molecule has 0 fully saturated rings. The van der Waals surface area contributed by atoms with Crippen LogP contribution < -0.4 is 0 Å². The van der Waals surface area contributed by atoms with Crippen LogP contribution in [0, 0.1) is 5.82 Å². The third-order valence-corrected chi connectivity index (χ3v) is 3.37. The number of hydrogen-bond donors (Lipinski definition) is 0. The Hall–Kier alpha value is -0.750. The summed E-state index contributed by atoms with van der Waals surface area (Å²) in [6.45, 7) is 2.56. The van der Waals surface area contributed by atoms with Crippen LogP contribution in [0.2, 0.25) is 0 Å². The van der Waals surface area contributed by atoms with E-state index < -0.39 is 0 Å². The molecule has 2 aromatic rings. The number of hydrogen-bond acceptors (Lipinski definition) is 2. The van der Waals surface area contributed by atoms with Crippen molar-refractivity contribution in [3.63, 3.8) is 0 Å². The zero-order valence-corrected chi connectivity index (χ0v) is 12.2.